The van der Waals surface area contributed by atoms with Crippen LogP contribution in [-0.2, 0) is 11.0 Å². The Morgan fingerprint density at radius 1 is 1.15 bits per heavy atom. The van der Waals surface area contributed by atoms with E-state index in [0.29, 0.717) is 6.61 Å². The van der Waals surface area contributed by atoms with Crippen LogP contribution in [0.1, 0.15) is 26.5 Å². The van der Waals surface area contributed by atoms with Crippen molar-refractivity contribution in [2.75, 3.05) is 5.73 Å². The molecule has 1 aromatic heterocycles. The van der Waals surface area contributed by atoms with Gasteiger partial charge in [-0.3, -0.25) is 4.98 Å². The predicted octanol–water partition coefficient (Wildman–Crippen LogP) is 4.34. The van der Waals surface area contributed by atoms with Crippen molar-refractivity contribution < 1.29 is 4.43 Å². The van der Waals surface area contributed by atoms with E-state index in [2.05, 4.69) is 44.9 Å². The van der Waals surface area contributed by atoms with E-state index in [1.165, 1.54) is 0 Å². The highest BCUT2D eigenvalue weighted by atomic mass is 28.4. The van der Waals surface area contributed by atoms with Crippen LogP contribution >= 0.6 is 0 Å². The van der Waals surface area contributed by atoms with Crippen LogP contribution in [0, 0.1) is 0 Å². The van der Waals surface area contributed by atoms with Crippen molar-refractivity contribution in [2.24, 2.45) is 0 Å². The van der Waals surface area contributed by atoms with Crippen molar-refractivity contribution in [2.45, 2.75) is 45.5 Å². The first-order chi connectivity index (χ1) is 9.19. The average molecular weight is 288 g/mol. The molecule has 0 spiro atoms. The fourth-order valence-electron chi connectivity index (χ4n) is 1.74. The summed E-state index contributed by atoms with van der Waals surface area (Å²) in [5.41, 5.74) is 8.49. The molecule has 0 aliphatic heterocycles. The molecule has 1 heterocycles. The van der Waals surface area contributed by atoms with Gasteiger partial charge in [0.25, 0.3) is 0 Å². The first kappa shape index (κ1) is 15.0. The molecule has 2 aromatic rings. The van der Waals surface area contributed by atoms with Crippen molar-refractivity contribution in [1.29, 1.82) is 0 Å². The van der Waals surface area contributed by atoms with Gasteiger partial charge in [-0.15, -0.1) is 0 Å². The number of nitrogens with zero attached hydrogens (tertiary/aromatic N) is 1. The van der Waals surface area contributed by atoms with Crippen molar-refractivity contribution in [3.63, 3.8) is 0 Å². The standard InChI is InChI=1S/C16H24N2OSi/c1-16(2,3)20(4,5)19-11-14-8-6-12-10-13(17)7-9-15(12)18-14/h6-10H,11,17H2,1-5H3. The molecule has 108 valence electrons. The minimum Gasteiger partial charge on any atom is -0.411 e. The van der Waals surface area contributed by atoms with Gasteiger partial charge in [0, 0.05) is 11.1 Å². The van der Waals surface area contributed by atoms with Crippen LogP contribution in [-0.4, -0.2) is 13.3 Å². The molecule has 3 nitrogen and oxygen atoms in total. The predicted molar refractivity (Wildman–Crippen MR) is 88.1 cm³/mol. The third-order valence-electron chi connectivity index (χ3n) is 4.16. The summed E-state index contributed by atoms with van der Waals surface area (Å²) in [6, 6.07) is 9.87. The smallest absolute Gasteiger partial charge is 0.192 e. The fraction of sp³-hybridized carbons (Fsp3) is 0.438. The zero-order valence-corrected chi connectivity index (χ0v) is 14.0. The van der Waals surface area contributed by atoms with Crippen LogP contribution in [0.3, 0.4) is 0 Å². The van der Waals surface area contributed by atoms with Gasteiger partial charge in [-0.2, -0.15) is 0 Å². The maximum absolute atomic E-state index is 6.20. The maximum atomic E-state index is 6.20. The zero-order valence-electron chi connectivity index (χ0n) is 13.0. The van der Waals surface area contributed by atoms with Gasteiger partial charge in [0.05, 0.1) is 17.8 Å². The molecule has 0 atom stereocenters. The maximum Gasteiger partial charge on any atom is 0.192 e. The monoisotopic (exact) mass is 288 g/mol. The van der Waals surface area contributed by atoms with Crippen molar-refractivity contribution in [3.8, 4) is 0 Å². The first-order valence-corrected chi connectivity index (χ1v) is 9.89. The molecule has 0 radical (unpaired) electrons. The van der Waals surface area contributed by atoms with Gasteiger partial charge in [0.15, 0.2) is 8.32 Å². The normalized spacial score (nSPS) is 12.8. The molecule has 2 rings (SSSR count). The Hall–Kier alpha value is -1.39. The van der Waals surface area contributed by atoms with E-state index in [4.69, 9.17) is 10.2 Å². The van der Waals surface area contributed by atoms with Crippen molar-refractivity contribution in [3.05, 3.63) is 36.0 Å². The Balaban J connectivity index is 2.17. The molecule has 0 saturated carbocycles. The molecule has 20 heavy (non-hydrogen) atoms. The van der Waals surface area contributed by atoms with Gasteiger partial charge in [0.1, 0.15) is 0 Å². The van der Waals surface area contributed by atoms with Gasteiger partial charge >= 0.3 is 0 Å². The highest BCUT2D eigenvalue weighted by Gasteiger charge is 2.37. The van der Waals surface area contributed by atoms with Gasteiger partial charge in [0.2, 0.25) is 0 Å². The second-order valence-corrected chi connectivity index (χ2v) is 11.6. The van der Waals surface area contributed by atoms with E-state index in [9.17, 15) is 0 Å². The van der Waals surface area contributed by atoms with E-state index in [1.54, 1.807) is 0 Å². The van der Waals surface area contributed by atoms with Crippen LogP contribution in [0.2, 0.25) is 18.1 Å². The Kier molecular flexibility index (Phi) is 3.89. The topological polar surface area (TPSA) is 48.1 Å². The van der Waals surface area contributed by atoms with E-state index >= 15 is 0 Å². The first-order valence-electron chi connectivity index (χ1n) is 6.98. The molecule has 2 N–H and O–H groups in total. The lowest BCUT2D eigenvalue weighted by molar-refractivity contribution is 0.272. The SMILES string of the molecule is CC(C)(C)[Si](C)(C)OCc1ccc2cc(N)ccc2n1. The van der Waals surface area contributed by atoms with E-state index in [0.717, 1.165) is 22.3 Å². The van der Waals surface area contributed by atoms with Gasteiger partial charge < -0.3 is 10.2 Å². The highest BCUT2D eigenvalue weighted by molar-refractivity contribution is 6.74. The summed E-state index contributed by atoms with van der Waals surface area (Å²) in [7, 11) is -1.72. The minimum atomic E-state index is -1.72. The summed E-state index contributed by atoms with van der Waals surface area (Å²) in [5.74, 6) is 0. The molecule has 4 heteroatoms. The van der Waals surface area contributed by atoms with E-state index < -0.39 is 8.32 Å². The lowest BCUT2D eigenvalue weighted by Gasteiger charge is -2.36. The number of fused-ring (bicyclic) bond motifs is 1. The van der Waals surface area contributed by atoms with Crippen LogP contribution in [0.15, 0.2) is 30.3 Å². The molecule has 0 bridgehead atoms. The van der Waals surface area contributed by atoms with E-state index in [-0.39, 0.29) is 5.04 Å². The lowest BCUT2D eigenvalue weighted by Crippen LogP contribution is -2.40. The third-order valence-corrected chi connectivity index (χ3v) is 8.64. The Bertz CT molecular complexity index is 617. The second kappa shape index (κ2) is 5.18. The third kappa shape index (κ3) is 3.19. The quantitative estimate of drug-likeness (QED) is 0.675. The summed E-state index contributed by atoms with van der Waals surface area (Å²) in [6.45, 7) is 11.8. The van der Waals surface area contributed by atoms with Gasteiger partial charge in [-0.1, -0.05) is 26.8 Å². The van der Waals surface area contributed by atoms with Crippen molar-refractivity contribution >= 4 is 24.9 Å². The number of hydrogen-bond acceptors (Lipinski definition) is 3. The molecular weight excluding hydrogens is 264 g/mol. The molecule has 0 unspecified atom stereocenters. The Morgan fingerprint density at radius 3 is 2.50 bits per heavy atom. The summed E-state index contributed by atoms with van der Waals surface area (Å²) < 4.78 is 6.20. The Labute approximate surface area is 122 Å². The molecule has 1 aromatic carbocycles. The number of aromatic nitrogens is 1. The molecule has 0 aliphatic carbocycles. The number of nitrogens with two attached hydrogens (primary N) is 1. The van der Waals surface area contributed by atoms with Gasteiger partial charge in [-0.25, -0.2) is 0 Å². The summed E-state index contributed by atoms with van der Waals surface area (Å²) in [4.78, 5) is 4.64. The molecule has 0 aliphatic rings. The number of nitrogen functional groups attached to an aromatic ring is 1. The fourth-order valence-corrected chi connectivity index (χ4v) is 2.68. The van der Waals surface area contributed by atoms with Crippen LogP contribution in [0.4, 0.5) is 5.69 Å². The summed E-state index contributed by atoms with van der Waals surface area (Å²) in [5, 5.41) is 1.29. The molecule has 0 fully saturated rings. The Morgan fingerprint density at radius 2 is 1.85 bits per heavy atom. The molecule has 0 amide bonds. The highest BCUT2D eigenvalue weighted by Crippen LogP contribution is 2.37. The lowest BCUT2D eigenvalue weighted by atomic mass is 10.2. The number of rotatable bonds is 3. The van der Waals surface area contributed by atoms with Crippen LogP contribution in [0.25, 0.3) is 10.9 Å². The summed E-state index contributed by atoms with van der Waals surface area (Å²) >= 11 is 0. The van der Waals surface area contributed by atoms with Gasteiger partial charge in [-0.05, 0) is 42.4 Å². The van der Waals surface area contributed by atoms with Crippen molar-refractivity contribution in [1.82, 2.24) is 4.98 Å². The average Bonchev–Trinajstić information content (AvgIpc) is 2.35. The number of pyridine rings is 1. The summed E-state index contributed by atoms with van der Waals surface area (Å²) in [6.07, 6.45) is 0. The van der Waals surface area contributed by atoms with Crippen LogP contribution in [0.5, 0.6) is 0 Å². The largest absolute Gasteiger partial charge is 0.411 e. The molecule has 0 saturated heterocycles. The molecular formula is C16H24N2OSi. The van der Waals surface area contributed by atoms with E-state index in [1.807, 2.05) is 24.3 Å². The zero-order chi connectivity index (χ0) is 15.0. The number of anilines is 1. The second-order valence-electron chi connectivity index (χ2n) is 6.80. The number of hydrogen-bond donors (Lipinski definition) is 1. The minimum absolute atomic E-state index is 0.221. The van der Waals surface area contributed by atoms with Crippen LogP contribution < -0.4 is 5.73 Å². The number of benzene rings is 1.